The van der Waals surface area contributed by atoms with Crippen molar-refractivity contribution < 1.29 is 19.2 Å². The van der Waals surface area contributed by atoms with Crippen molar-refractivity contribution in [1.82, 2.24) is 9.88 Å². The Kier molecular flexibility index (Phi) is 7.75. The number of hydrogen-bond donors (Lipinski definition) is 2. The van der Waals surface area contributed by atoms with E-state index in [1.165, 1.54) is 12.1 Å². The molecule has 1 aromatic heterocycles. The number of amides is 3. The highest BCUT2D eigenvalue weighted by Gasteiger charge is 2.35. The molecule has 1 aliphatic heterocycles. The van der Waals surface area contributed by atoms with Gasteiger partial charge in [-0.3, -0.25) is 24.1 Å². The molecular weight excluding hydrogens is 604 g/mol. The molecule has 3 amide bonds. The molecule has 1 saturated heterocycles. The molecular formula is C27H15Cl4N3O4S. The number of anilines is 1. The lowest BCUT2D eigenvalue weighted by atomic mass is 10.1. The second-order valence-corrected chi connectivity index (χ2v) is 11.0. The van der Waals surface area contributed by atoms with Gasteiger partial charge in [0.1, 0.15) is 0 Å². The van der Waals surface area contributed by atoms with E-state index in [4.69, 9.17) is 46.4 Å². The number of nitrogens with one attached hydrogen (secondary N) is 2. The molecule has 12 heteroatoms. The molecule has 7 nitrogen and oxygen atoms in total. The molecule has 0 atom stereocenters. The average molecular weight is 619 g/mol. The number of aldehydes is 1. The van der Waals surface area contributed by atoms with Crippen LogP contribution in [0.1, 0.15) is 31.8 Å². The summed E-state index contributed by atoms with van der Waals surface area (Å²) in [6.45, 7) is 0.0560. The Bertz CT molecular complexity index is 1730. The fraction of sp³-hybridized carbons (Fsp3) is 0.0370. The summed E-state index contributed by atoms with van der Waals surface area (Å²) < 4.78 is 0. The fourth-order valence-corrected chi connectivity index (χ4v) is 5.54. The van der Waals surface area contributed by atoms with Crippen molar-refractivity contribution in [1.29, 1.82) is 0 Å². The first kappa shape index (κ1) is 27.3. The van der Waals surface area contributed by atoms with Crippen LogP contribution < -0.4 is 5.32 Å². The molecule has 2 N–H and O–H groups in total. The summed E-state index contributed by atoms with van der Waals surface area (Å²) in [5, 5.41) is 3.92. The Hall–Kier alpha value is -3.27. The summed E-state index contributed by atoms with van der Waals surface area (Å²) in [6.07, 6.45) is 3.80. The van der Waals surface area contributed by atoms with Gasteiger partial charge in [0, 0.05) is 33.9 Å². The van der Waals surface area contributed by atoms with Gasteiger partial charge < -0.3 is 10.3 Å². The second kappa shape index (κ2) is 11.1. The van der Waals surface area contributed by atoms with Crippen LogP contribution in [0.25, 0.3) is 17.0 Å². The predicted octanol–water partition coefficient (Wildman–Crippen LogP) is 8.08. The second-order valence-electron chi connectivity index (χ2n) is 8.42. The zero-order valence-corrected chi connectivity index (χ0v) is 23.4. The average Bonchev–Trinajstić information content (AvgIpc) is 3.42. The minimum absolute atomic E-state index is 0.00389. The minimum atomic E-state index is -0.546. The van der Waals surface area contributed by atoms with Crippen LogP contribution >= 0.6 is 58.2 Å². The van der Waals surface area contributed by atoms with Crippen molar-refractivity contribution >= 4 is 104 Å². The molecule has 196 valence electrons. The summed E-state index contributed by atoms with van der Waals surface area (Å²) in [5.41, 5.74) is 2.56. The van der Waals surface area contributed by atoms with E-state index in [-0.39, 0.29) is 32.6 Å². The zero-order chi connectivity index (χ0) is 27.8. The maximum Gasteiger partial charge on any atom is 0.293 e. The van der Waals surface area contributed by atoms with Crippen molar-refractivity contribution in [3.8, 4) is 0 Å². The monoisotopic (exact) mass is 617 g/mol. The Morgan fingerprint density at radius 2 is 1.74 bits per heavy atom. The van der Waals surface area contributed by atoms with E-state index >= 15 is 0 Å². The van der Waals surface area contributed by atoms with E-state index in [1.54, 1.807) is 48.7 Å². The van der Waals surface area contributed by atoms with E-state index in [2.05, 4.69) is 10.3 Å². The van der Waals surface area contributed by atoms with E-state index in [0.29, 0.717) is 38.5 Å². The van der Waals surface area contributed by atoms with Gasteiger partial charge >= 0.3 is 0 Å². The van der Waals surface area contributed by atoms with E-state index in [0.717, 1.165) is 22.2 Å². The normalized spacial score (nSPS) is 14.5. The first-order chi connectivity index (χ1) is 18.7. The molecule has 4 aromatic rings. The molecule has 39 heavy (non-hydrogen) atoms. The third-order valence-corrected chi connectivity index (χ3v) is 8.42. The third-order valence-electron chi connectivity index (χ3n) is 5.95. The summed E-state index contributed by atoms with van der Waals surface area (Å²) in [6, 6.07) is 12.9. The highest BCUT2D eigenvalue weighted by atomic mass is 35.5. The summed E-state index contributed by atoms with van der Waals surface area (Å²) >= 11 is 24.9. The van der Waals surface area contributed by atoms with Crippen LogP contribution in [-0.2, 0) is 11.3 Å². The Morgan fingerprint density at radius 3 is 2.49 bits per heavy atom. The molecule has 2 heterocycles. The van der Waals surface area contributed by atoms with Gasteiger partial charge in [-0.05, 0) is 65.9 Å². The van der Waals surface area contributed by atoms with Crippen molar-refractivity contribution in [2.45, 2.75) is 6.54 Å². The van der Waals surface area contributed by atoms with Crippen LogP contribution in [0.5, 0.6) is 0 Å². The summed E-state index contributed by atoms with van der Waals surface area (Å²) in [5.74, 6) is -0.980. The molecule has 1 fully saturated rings. The van der Waals surface area contributed by atoms with Gasteiger partial charge in [0.05, 0.1) is 37.1 Å². The van der Waals surface area contributed by atoms with Gasteiger partial charge in [0.15, 0.2) is 6.29 Å². The molecule has 3 aromatic carbocycles. The maximum absolute atomic E-state index is 13.1. The molecule has 1 aliphatic rings. The number of rotatable bonds is 6. The number of carbonyl (C=O) groups is 4. The van der Waals surface area contributed by atoms with E-state index in [9.17, 15) is 19.2 Å². The number of halogens is 4. The van der Waals surface area contributed by atoms with Crippen molar-refractivity contribution in [3.05, 3.63) is 102 Å². The van der Waals surface area contributed by atoms with Gasteiger partial charge in [-0.1, -0.05) is 52.5 Å². The number of aromatic nitrogens is 1. The maximum atomic E-state index is 13.1. The van der Waals surface area contributed by atoms with Gasteiger partial charge in [-0.25, -0.2) is 0 Å². The largest absolute Gasteiger partial charge is 0.361 e. The number of carbonyl (C=O) groups excluding carboxylic acids is 4. The van der Waals surface area contributed by atoms with Crippen molar-refractivity contribution in [2.75, 3.05) is 5.32 Å². The molecule has 0 saturated carbocycles. The number of imide groups is 1. The van der Waals surface area contributed by atoms with Crippen LogP contribution in [0.15, 0.2) is 59.6 Å². The molecule has 0 bridgehead atoms. The zero-order valence-electron chi connectivity index (χ0n) is 19.6. The standard InChI is InChI=1S/C27H15Cl4N3O4S/c28-19-4-1-13(7-21(19)30)11-34-26(37)23(39-27(34)38)8-14-10-32-22-6-2-15(9-17(14)22)33-25(36)16-3-5-20(29)24(31)18(16)12-35/h1-10,12,32H,11H2,(H,33,36). The van der Waals surface area contributed by atoms with Gasteiger partial charge in [0.2, 0.25) is 0 Å². The Balaban J connectivity index is 1.40. The van der Waals surface area contributed by atoms with Gasteiger partial charge in [0.25, 0.3) is 17.1 Å². The van der Waals surface area contributed by atoms with Gasteiger partial charge in [-0.2, -0.15) is 0 Å². The SMILES string of the molecule is O=Cc1c(C(=O)Nc2ccc3[nH]cc(C=C4SC(=O)N(Cc5ccc(Cl)c(Cl)c5)C4=O)c3c2)ccc(Cl)c1Cl. The lowest BCUT2D eigenvalue weighted by Gasteiger charge is -2.12. The lowest BCUT2D eigenvalue weighted by Crippen LogP contribution is -2.27. The number of hydrogen-bond acceptors (Lipinski definition) is 5. The molecule has 5 rings (SSSR count). The van der Waals surface area contributed by atoms with E-state index in [1.807, 2.05) is 0 Å². The van der Waals surface area contributed by atoms with Crippen LogP contribution in [0.3, 0.4) is 0 Å². The number of thioether (sulfide) groups is 1. The Labute approximate surface area is 246 Å². The first-order valence-corrected chi connectivity index (χ1v) is 13.5. The quantitative estimate of drug-likeness (QED) is 0.168. The smallest absolute Gasteiger partial charge is 0.293 e. The van der Waals surface area contributed by atoms with Crippen LogP contribution in [0.4, 0.5) is 10.5 Å². The third kappa shape index (κ3) is 5.44. The number of fused-ring (bicyclic) bond motifs is 1. The number of aromatic amines is 1. The first-order valence-electron chi connectivity index (χ1n) is 11.2. The summed E-state index contributed by atoms with van der Waals surface area (Å²) in [4.78, 5) is 54.6. The van der Waals surface area contributed by atoms with Crippen LogP contribution in [0, 0.1) is 0 Å². The lowest BCUT2D eigenvalue weighted by molar-refractivity contribution is -0.123. The molecule has 0 spiro atoms. The number of nitrogens with zero attached hydrogens (tertiary/aromatic N) is 1. The van der Waals surface area contributed by atoms with Crippen LogP contribution in [-0.4, -0.2) is 33.2 Å². The van der Waals surface area contributed by atoms with Crippen molar-refractivity contribution in [3.63, 3.8) is 0 Å². The van der Waals surface area contributed by atoms with E-state index < -0.39 is 17.1 Å². The van der Waals surface area contributed by atoms with Crippen LogP contribution in [0.2, 0.25) is 20.1 Å². The molecule has 0 unspecified atom stereocenters. The molecule has 0 aliphatic carbocycles. The minimum Gasteiger partial charge on any atom is -0.361 e. The summed E-state index contributed by atoms with van der Waals surface area (Å²) in [7, 11) is 0. The Morgan fingerprint density at radius 1 is 0.974 bits per heavy atom. The van der Waals surface area contributed by atoms with Gasteiger partial charge in [-0.15, -0.1) is 0 Å². The highest BCUT2D eigenvalue weighted by Crippen LogP contribution is 2.36. The number of H-pyrrole nitrogens is 1. The topological polar surface area (TPSA) is 99.3 Å². The fourth-order valence-electron chi connectivity index (χ4n) is 4.02. The number of benzene rings is 3. The van der Waals surface area contributed by atoms with Crippen molar-refractivity contribution in [2.24, 2.45) is 0 Å². The highest BCUT2D eigenvalue weighted by molar-refractivity contribution is 8.18. The molecule has 0 radical (unpaired) electrons. The predicted molar refractivity (Wildman–Crippen MR) is 156 cm³/mol.